The highest BCUT2D eigenvalue weighted by molar-refractivity contribution is 7.89. The molecule has 2 heterocycles. The summed E-state index contributed by atoms with van der Waals surface area (Å²) in [7, 11) is -1.38. The number of hydrogen-bond donors (Lipinski definition) is 1. The summed E-state index contributed by atoms with van der Waals surface area (Å²) in [6.45, 7) is 0.129. The molecule has 0 saturated carbocycles. The van der Waals surface area contributed by atoms with Crippen LogP contribution in [0.1, 0.15) is 6.42 Å². The molecular weight excluding hydrogens is 274 g/mol. The minimum absolute atomic E-state index is 0.0334. The van der Waals surface area contributed by atoms with Gasteiger partial charge in [0.1, 0.15) is 0 Å². The zero-order valence-corrected chi connectivity index (χ0v) is 11.4. The van der Waals surface area contributed by atoms with E-state index in [2.05, 4.69) is 0 Å². The van der Waals surface area contributed by atoms with E-state index in [9.17, 15) is 23.1 Å². The Morgan fingerprint density at radius 2 is 1.95 bits per heavy atom. The smallest absolute Gasteiger partial charge is 0.330 e. The lowest BCUT2D eigenvalue weighted by Crippen LogP contribution is -2.42. The van der Waals surface area contributed by atoms with Crippen molar-refractivity contribution >= 4 is 10.0 Å². The molecule has 0 aliphatic carbocycles. The first-order chi connectivity index (χ1) is 8.75. The predicted octanol–water partition coefficient (Wildman–Crippen LogP) is -2.16. The molecule has 1 aromatic rings. The van der Waals surface area contributed by atoms with Crippen molar-refractivity contribution in [2.24, 2.45) is 14.1 Å². The number of rotatable bonds is 2. The van der Waals surface area contributed by atoms with Crippen LogP contribution < -0.4 is 11.2 Å². The summed E-state index contributed by atoms with van der Waals surface area (Å²) in [5.74, 6) is 0. The summed E-state index contributed by atoms with van der Waals surface area (Å²) >= 11 is 0. The molecule has 0 unspecified atom stereocenters. The first kappa shape index (κ1) is 14.0. The summed E-state index contributed by atoms with van der Waals surface area (Å²) in [6, 6.07) is 0. The second-order valence-corrected chi connectivity index (χ2v) is 6.46. The van der Waals surface area contributed by atoms with Crippen molar-refractivity contribution in [2.45, 2.75) is 17.4 Å². The van der Waals surface area contributed by atoms with E-state index in [0.29, 0.717) is 6.42 Å². The van der Waals surface area contributed by atoms with Gasteiger partial charge < -0.3 is 9.67 Å². The van der Waals surface area contributed by atoms with Crippen LogP contribution in [0.5, 0.6) is 0 Å². The van der Waals surface area contributed by atoms with Gasteiger partial charge in [0.05, 0.1) is 6.10 Å². The standard InChI is InChI=1S/C10H15N3O5S/c1-11-6-8(9(15)12(2)10(11)16)19(17,18)13-4-3-7(14)5-13/h6-7,14H,3-5H2,1-2H3/t7-/m0/s1. The molecule has 2 rings (SSSR count). The van der Waals surface area contributed by atoms with Crippen molar-refractivity contribution in [2.75, 3.05) is 13.1 Å². The Hall–Kier alpha value is -1.45. The lowest BCUT2D eigenvalue weighted by atomic mass is 10.3. The highest BCUT2D eigenvalue weighted by atomic mass is 32.2. The van der Waals surface area contributed by atoms with Crippen LogP contribution in [-0.4, -0.2) is 46.2 Å². The van der Waals surface area contributed by atoms with E-state index in [0.717, 1.165) is 19.6 Å². The SMILES string of the molecule is Cn1cc(S(=O)(=O)N2CC[C@H](O)C2)c(=O)n(C)c1=O. The minimum Gasteiger partial charge on any atom is -0.392 e. The molecule has 1 aromatic heterocycles. The van der Waals surface area contributed by atoms with Gasteiger partial charge in [-0.3, -0.25) is 9.36 Å². The predicted molar refractivity (Wildman–Crippen MR) is 66.3 cm³/mol. The van der Waals surface area contributed by atoms with Crippen LogP contribution >= 0.6 is 0 Å². The van der Waals surface area contributed by atoms with Gasteiger partial charge in [-0.05, 0) is 6.42 Å². The number of nitrogens with zero attached hydrogens (tertiary/aromatic N) is 3. The maximum Gasteiger partial charge on any atom is 0.330 e. The highest BCUT2D eigenvalue weighted by Crippen LogP contribution is 2.18. The van der Waals surface area contributed by atoms with Crippen molar-refractivity contribution < 1.29 is 13.5 Å². The summed E-state index contributed by atoms with van der Waals surface area (Å²) in [5, 5.41) is 9.39. The lowest BCUT2D eigenvalue weighted by molar-refractivity contribution is 0.189. The van der Waals surface area contributed by atoms with Gasteiger partial charge in [-0.25, -0.2) is 13.2 Å². The maximum absolute atomic E-state index is 12.3. The first-order valence-corrected chi connectivity index (χ1v) is 7.14. The van der Waals surface area contributed by atoms with Crippen LogP contribution in [0.4, 0.5) is 0 Å². The Morgan fingerprint density at radius 3 is 2.47 bits per heavy atom. The summed E-state index contributed by atoms with van der Waals surface area (Å²) in [4.78, 5) is 23.0. The van der Waals surface area contributed by atoms with E-state index in [1.165, 1.54) is 14.1 Å². The molecule has 0 amide bonds. The van der Waals surface area contributed by atoms with E-state index in [-0.39, 0.29) is 13.1 Å². The second-order valence-electron chi connectivity index (χ2n) is 4.56. The third-order valence-corrected chi connectivity index (χ3v) is 5.01. The van der Waals surface area contributed by atoms with Crippen LogP contribution in [0.2, 0.25) is 0 Å². The number of aryl methyl sites for hydroxylation is 1. The summed E-state index contributed by atoms with van der Waals surface area (Å²) in [6.07, 6.45) is 0.641. The molecule has 0 aromatic carbocycles. The Balaban J connectivity index is 2.60. The quantitative estimate of drug-likeness (QED) is 0.668. The average Bonchev–Trinajstić information content (AvgIpc) is 2.78. The Labute approximate surface area is 109 Å². The van der Waals surface area contributed by atoms with E-state index in [1.54, 1.807) is 0 Å². The number of aliphatic hydroxyl groups excluding tert-OH is 1. The van der Waals surface area contributed by atoms with Crippen molar-refractivity contribution in [3.63, 3.8) is 0 Å². The van der Waals surface area contributed by atoms with Crippen molar-refractivity contribution in [1.29, 1.82) is 0 Å². The molecule has 8 nitrogen and oxygen atoms in total. The number of sulfonamides is 1. The third-order valence-electron chi connectivity index (χ3n) is 3.16. The van der Waals surface area contributed by atoms with Crippen LogP contribution in [0, 0.1) is 0 Å². The van der Waals surface area contributed by atoms with Gasteiger partial charge in [-0.15, -0.1) is 0 Å². The van der Waals surface area contributed by atoms with Gasteiger partial charge in [-0.2, -0.15) is 4.31 Å². The number of β-amino-alcohol motifs (C(OH)–C–C–N with tert-alkyl or cyclic N) is 1. The largest absolute Gasteiger partial charge is 0.392 e. The minimum atomic E-state index is -3.98. The third kappa shape index (κ3) is 2.24. The summed E-state index contributed by atoms with van der Waals surface area (Å²) in [5.41, 5.74) is -1.45. The maximum atomic E-state index is 12.3. The van der Waals surface area contributed by atoms with Crippen molar-refractivity contribution in [1.82, 2.24) is 13.4 Å². The van der Waals surface area contributed by atoms with Gasteiger partial charge in [0.15, 0.2) is 4.90 Å². The molecule has 1 aliphatic heterocycles. The van der Waals surface area contributed by atoms with E-state index < -0.39 is 32.3 Å². The molecule has 1 aliphatic rings. The number of hydrogen-bond acceptors (Lipinski definition) is 5. The fourth-order valence-electron chi connectivity index (χ4n) is 2.02. The van der Waals surface area contributed by atoms with Crippen molar-refractivity contribution in [3.8, 4) is 0 Å². The zero-order valence-electron chi connectivity index (χ0n) is 10.6. The van der Waals surface area contributed by atoms with Gasteiger partial charge in [0.25, 0.3) is 5.56 Å². The van der Waals surface area contributed by atoms with Gasteiger partial charge in [-0.1, -0.05) is 0 Å². The Kier molecular flexibility index (Phi) is 3.37. The fraction of sp³-hybridized carbons (Fsp3) is 0.600. The molecule has 0 spiro atoms. The average molecular weight is 289 g/mol. The molecule has 1 atom stereocenters. The van der Waals surface area contributed by atoms with Gasteiger partial charge in [0.2, 0.25) is 10.0 Å². The molecule has 0 bridgehead atoms. The van der Waals surface area contributed by atoms with Crippen LogP contribution in [-0.2, 0) is 24.1 Å². The van der Waals surface area contributed by atoms with Crippen LogP contribution in [0.3, 0.4) is 0 Å². The first-order valence-electron chi connectivity index (χ1n) is 5.70. The van der Waals surface area contributed by atoms with Crippen molar-refractivity contribution in [3.05, 3.63) is 27.0 Å². The molecule has 0 radical (unpaired) electrons. The zero-order chi connectivity index (χ0) is 14.4. The molecule has 1 saturated heterocycles. The molecule has 106 valence electrons. The van der Waals surface area contributed by atoms with Crippen LogP contribution in [0.15, 0.2) is 20.7 Å². The second kappa shape index (κ2) is 4.58. The highest BCUT2D eigenvalue weighted by Gasteiger charge is 2.34. The monoisotopic (exact) mass is 289 g/mol. The summed E-state index contributed by atoms with van der Waals surface area (Å²) < 4.78 is 27.5. The topological polar surface area (TPSA) is 102 Å². The molecular formula is C10H15N3O5S. The Bertz CT molecular complexity index is 718. The molecule has 19 heavy (non-hydrogen) atoms. The number of aliphatic hydroxyl groups is 1. The van der Waals surface area contributed by atoms with Gasteiger partial charge >= 0.3 is 5.69 Å². The molecule has 1 N–H and O–H groups in total. The number of aromatic nitrogens is 2. The van der Waals surface area contributed by atoms with E-state index >= 15 is 0 Å². The van der Waals surface area contributed by atoms with Crippen LogP contribution in [0.25, 0.3) is 0 Å². The van der Waals surface area contributed by atoms with E-state index in [4.69, 9.17) is 0 Å². The lowest BCUT2D eigenvalue weighted by Gasteiger charge is -2.16. The normalized spacial score (nSPS) is 20.9. The Morgan fingerprint density at radius 1 is 1.32 bits per heavy atom. The molecule has 9 heteroatoms. The van der Waals surface area contributed by atoms with E-state index in [1.807, 2.05) is 0 Å². The molecule has 1 fully saturated rings. The fourth-order valence-corrected chi connectivity index (χ4v) is 3.66. The van der Waals surface area contributed by atoms with Gasteiger partial charge in [0, 0.05) is 33.4 Å².